The number of hydrogen-bond donors (Lipinski definition) is 3. The van der Waals surface area contributed by atoms with Crippen LogP contribution in [-0.4, -0.2) is 40.0 Å². The molecule has 8 nitrogen and oxygen atoms in total. The second-order valence-electron chi connectivity index (χ2n) is 9.10. The van der Waals surface area contributed by atoms with Gasteiger partial charge in [-0.15, -0.1) is 0 Å². The number of nitrogens with one attached hydrogen (secondary N) is 1. The molecule has 8 heteroatoms. The molecule has 1 amide bonds. The van der Waals surface area contributed by atoms with Crippen molar-refractivity contribution in [1.82, 2.24) is 5.32 Å². The monoisotopic (exact) mass is 490 g/mol. The second kappa shape index (κ2) is 11.5. The van der Waals surface area contributed by atoms with Crippen LogP contribution >= 0.6 is 0 Å². The molecule has 1 aromatic heterocycles. The van der Waals surface area contributed by atoms with Crippen LogP contribution in [0.1, 0.15) is 40.9 Å². The largest absolute Gasteiger partial charge is 0.467 e. The lowest BCUT2D eigenvalue weighted by molar-refractivity contribution is -0.200. The molecular weight excluding hydrogens is 460 g/mol. The van der Waals surface area contributed by atoms with Crippen molar-refractivity contribution in [3.8, 4) is 6.07 Å². The van der Waals surface area contributed by atoms with Crippen molar-refractivity contribution in [2.75, 3.05) is 0 Å². The van der Waals surface area contributed by atoms with Crippen LogP contribution < -0.4 is 5.32 Å². The Labute approximate surface area is 210 Å². The maximum absolute atomic E-state index is 13.5. The highest BCUT2D eigenvalue weighted by atomic mass is 16.5. The van der Waals surface area contributed by atoms with Crippen molar-refractivity contribution in [2.24, 2.45) is 0 Å². The van der Waals surface area contributed by atoms with Crippen LogP contribution in [0.3, 0.4) is 0 Å². The third kappa shape index (κ3) is 6.01. The summed E-state index contributed by atoms with van der Waals surface area (Å²) in [5.41, 5.74) is 1.85. The lowest BCUT2D eigenvalue weighted by atomic mass is 9.78. The van der Waals surface area contributed by atoms with Crippen LogP contribution in [0.25, 0.3) is 0 Å². The van der Waals surface area contributed by atoms with Gasteiger partial charge in [-0.05, 0) is 47.9 Å². The number of benzene rings is 2. The summed E-state index contributed by atoms with van der Waals surface area (Å²) in [6.45, 7) is 2.43. The number of furan rings is 1. The maximum Gasteiger partial charge on any atom is 0.252 e. The van der Waals surface area contributed by atoms with Crippen molar-refractivity contribution in [2.45, 2.75) is 63.4 Å². The minimum absolute atomic E-state index is 0.0530. The van der Waals surface area contributed by atoms with Crippen LogP contribution in [0.5, 0.6) is 0 Å². The van der Waals surface area contributed by atoms with E-state index in [-0.39, 0.29) is 32.6 Å². The van der Waals surface area contributed by atoms with E-state index < -0.39 is 29.8 Å². The Balaban J connectivity index is 1.53. The molecular formula is C28H30N2O6. The molecule has 4 rings (SSSR count). The first-order valence-electron chi connectivity index (χ1n) is 11.9. The Bertz CT molecular complexity index is 1190. The lowest BCUT2D eigenvalue weighted by Gasteiger charge is -2.44. The molecule has 0 saturated heterocycles. The highest BCUT2D eigenvalue weighted by Crippen LogP contribution is 2.36. The van der Waals surface area contributed by atoms with Gasteiger partial charge >= 0.3 is 0 Å². The van der Waals surface area contributed by atoms with Crippen LogP contribution in [0.15, 0.2) is 71.3 Å². The van der Waals surface area contributed by atoms with E-state index in [1.54, 1.807) is 36.4 Å². The molecule has 1 fully saturated rings. The number of nitrogens with zero attached hydrogens (tertiary/aromatic N) is 1. The molecule has 0 spiro atoms. The van der Waals surface area contributed by atoms with Gasteiger partial charge in [-0.1, -0.05) is 36.4 Å². The smallest absolute Gasteiger partial charge is 0.252 e. The molecule has 188 valence electrons. The molecule has 4 atom stereocenters. The standard InChI is InChI=1S/C28H30N2O6/c1-19-5-2-3-6-22(19)18-36-28(27(33)30-16-23-7-4-12-34-23)13-24(31)26(32)25(14-28)35-17-21-10-8-20(15-29)9-11-21/h2-12,24-26,31-32H,13-14,16-18H2,1H3,(H,30,33)/t24-,25?,26-,28+/m1/s1. The van der Waals surface area contributed by atoms with Crippen LogP contribution in [0, 0.1) is 18.3 Å². The zero-order valence-corrected chi connectivity index (χ0v) is 20.1. The van der Waals surface area contributed by atoms with Crippen LogP contribution in [0.2, 0.25) is 0 Å². The first kappa shape index (κ1) is 25.6. The average Bonchev–Trinajstić information content (AvgIpc) is 3.42. The lowest BCUT2D eigenvalue weighted by Crippen LogP contribution is -2.60. The summed E-state index contributed by atoms with van der Waals surface area (Å²) in [4.78, 5) is 13.5. The minimum atomic E-state index is -1.43. The summed E-state index contributed by atoms with van der Waals surface area (Å²) < 4.78 is 17.6. The number of carbonyl (C=O) groups is 1. The minimum Gasteiger partial charge on any atom is -0.467 e. The Hall–Kier alpha value is -3.48. The van der Waals surface area contributed by atoms with Crippen LogP contribution in [-0.2, 0) is 34.0 Å². The molecule has 3 N–H and O–H groups in total. The van der Waals surface area contributed by atoms with E-state index >= 15 is 0 Å². The molecule has 0 radical (unpaired) electrons. The van der Waals surface area contributed by atoms with E-state index in [4.69, 9.17) is 19.2 Å². The van der Waals surface area contributed by atoms with Gasteiger partial charge in [-0.2, -0.15) is 5.26 Å². The number of nitriles is 1. The zero-order valence-electron chi connectivity index (χ0n) is 20.1. The summed E-state index contributed by atoms with van der Waals surface area (Å²) in [6.07, 6.45) is -1.76. The summed E-state index contributed by atoms with van der Waals surface area (Å²) in [7, 11) is 0. The Kier molecular flexibility index (Phi) is 8.18. The second-order valence-corrected chi connectivity index (χ2v) is 9.10. The number of rotatable bonds is 9. The molecule has 0 aliphatic heterocycles. The third-order valence-corrected chi connectivity index (χ3v) is 6.57. The first-order chi connectivity index (χ1) is 17.4. The number of aliphatic hydroxyl groups excluding tert-OH is 2. The van der Waals surface area contributed by atoms with E-state index in [1.807, 2.05) is 31.2 Å². The quantitative estimate of drug-likeness (QED) is 0.421. The van der Waals surface area contributed by atoms with Crippen molar-refractivity contribution in [3.63, 3.8) is 0 Å². The molecule has 3 aromatic rings. The molecule has 1 unspecified atom stereocenters. The van der Waals surface area contributed by atoms with E-state index in [9.17, 15) is 15.0 Å². The predicted octanol–water partition coefficient (Wildman–Crippen LogP) is 3.13. The Morgan fingerprint density at radius 3 is 2.58 bits per heavy atom. The summed E-state index contributed by atoms with van der Waals surface area (Å²) in [6, 6.07) is 20.2. The molecule has 36 heavy (non-hydrogen) atoms. The van der Waals surface area contributed by atoms with Crippen LogP contribution in [0.4, 0.5) is 0 Å². The van der Waals surface area contributed by atoms with Gasteiger partial charge in [0.15, 0.2) is 5.60 Å². The summed E-state index contributed by atoms with van der Waals surface area (Å²) >= 11 is 0. The number of ether oxygens (including phenoxy) is 2. The molecule has 2 aromatic carbocycles. The molecule has 1 saturated carbocycles. The summed E-state index contributed by atoms with van der Waals surface area (Å²) in [5.74, 6) is 0.174. The van der Waals surface area contributed by atoms with Gasteiger partial charge in [0.1, 0.15) is 11.9 Å². The van der Waals surface area contributed by atoms with E-state index in [1.165, 1.54) is 6.26 Å². The van der Waals surface area contributed by atoms with E-state index in [2.05, 4.69) is 11.4 Å². The van der Waals surface area contributed by atoms with E-state index in [0.29, 0.717) is 11.3 Å². The van der Waals surface area contributed by atoms with Crippen molar-refractivity contribution < 1.29 is 28.9 Å². The van der Waals surface area contributed by atoms with Gasteiger partial charge in [0.05, 0.1) is 49.9 Å². The van der Waals surface area contributed by atoms with Gasteiger partial charge < -0.3 is 29.4 Å². The van der Waals surface area contributed by atoms with Crippen molar-refractivity contribution >= 4 is 5.91 Å². The van der Waals surface area contributed by atoms with Gasteiger partial charge in [0.25, 0.3) is 5.91 Å². The Morgan fingerprint density at radius 2 is 1.89 bits per heavy atom. The topological polar surface area (TPSA) is 125 Å². The highest BCUT2D eigenvalue weighted by molar-refractivity contribution is 5.85. The fourth-order valence-corrected chi connectivity index (χ4v) is 4.37. The molecule has 1 aliphatic carbocycles. The maximum atomic E-state index is 13.5. The van der Waals surface area contributed by atoms with Crippen molar-refractivity contribution in [1.29, 1.82) is 5.26 Å². The van der Waals surface area contributed by atoms with Gasteiger partial charge in [-0.25, -0.2) is 0 Å². The zero-order chi connectivity index (χ0) is 25.5. The SMILES string of the molecule is Cc1ccccc1CO[C@]1(C(=O)NCc2ccco2)CC(OCc2ccc(C#N)cc2)[C@H](O)[C@H](O)C1. The summed E-state index contributed by atoms with van der Waals surface area (Å²) in [5, 5.41) is 33.3. The fourth-order valence-electron chi connectivity index (χ4n) is 4.37. The molecule has 1 heterocycles. The first-order valence-corrected chi connectivity index (χ1v) is 11.9. The Morgan fingerprint density at radius 1 is 1.11 bits per heavy atom. The molecule has 1 aliphatic rings. The number of amides is 1. The van der Waals surface area contributed by atoms with E-state index in [0.717, 1.165) is 16.7 Å². The van der Waals surface area contributed by atoms with Gasteiger partial charge in [0, 0.05) is 12.8 Å². The van der Waals surface area contributed by atoms with Crippen molar-refractivity contribution in [3.05, 3.63) is 94.9 Å². The molecule has 0 bridgehead atoms. The number of aliphatic hydroxyl groups is 2. The normalized spacial score (nSPS) is 23.7. The van der Waals surface area contributed by atoms with Gasteiger partial charge in [0.2, 0.25) is 0 Å². The third-order valence-electron chi connectivity index (χ3n) is 6.57. The number of carbonyl (C=O) groups excluding carboxylic acids is 1. The van der Waals surface area contributed by atoms with Gasteiger partial charge in [-0.3, -0.25) is 4.79 Å². The number of aryl methyl sites for hydroxylation is 1. The average molecular weight is 491 g/mol. The predicted molar refractivity (Wildman–Crippen MR) is 130 cm³/mol. The highest BCUT2D eigenvalue weighted by Gasteiger charge is 2.51. The fraction of sp³-hybridized carbons (Fsp3) is 0.357. The number of hydrogen-bond acceptors (Lipinski definition) is 7.